The number of hydrogen-bond donors (Lipinski definition) is 1. The fourth-order valence-corrected chi connectivity index (χ4v) is 1.91. The minimum absolute atomic E-state index is 0.00675. The molecular formula is C16H18N2O. The summed E-state index contributed by atoms with van der Waals surface area (Å²) in [5, 5.41) is 2.82. The zero-order chi connectivity index (χ0) is 13.7. The summed E-state index contributed by atoms with van der Waals surface area (Å²) in [6, 6.07) is 13.8. The lowest BCUT2D eigenvalue weighted by atomic mass is 9.98. The molecule has 1 atom stereocenters. The van der Waals surface area contributed by atoms with E-state index in [0.29, 0.717) is 12.2 Å². The first-order chi connectivity index (χ1) is 9.15. The van der Waals surface area contributed by atoms with Gasteiger partial charge in [-0.3, -0.25) is 4.79 Å². The minimum Gasteiger partial charge on any atom is -0.311 e. The Kier molecular flexibility index (Phi) is 4.29. The number of carbonyl (C=O) groups is 1. The number of amides is 1. The van der Waals surface area contributed by atoms with E-state index in [-0.39, 0.29) is 11.8 Å². The number of anilines is 1. The van der Waals surface area contributed by atoms with Crippen LogP contribution in [0.1, 0.15) is 30.4 Å². The molecular weight excluding hydrogens is 236 g/mol. The van der Waals surface area contributed by atoms with Crippen LogP contribution in [0, 0.1) is 6.92 Å². The highest BCUT2D eigenvalue weighted by Gasteiger charge is 2.11. The second-order valence-electron chi connectivity index (χ2n) is 4.78. The summed E-state index contributed by atoms with van der Waals surface area (Å²) < 4.78 is 0. The summed E-state index contributed by atoms with van der Waals surface area (Å²) in [4.78, 5) is 16.1. The Morgan fingerprint density at radius 2 is 1.95 bits per heavy atom. The lowest BCUT2D eigenvalue weighted by molar-refractivity contribution is -0.116. The van der Waals surface area contributed by atoms with Gasteiger partial charge in [-0.05, 0) is 30.0 Å². The monoisotopic (exact) mass is 254 g/mol. The van der Waals surface area contributed by atoms with Gasteiger partial charge in [-0.1, -0.05) is 43.3 Å². The lowest BCUT2D eigenvalue weighted by Gasteiger charge is -2.11. The molecule has 2 rings (SSSR count). The van der Waals surface area contributed by atoms with Gasteiger partial charge in [0.2, 0.25) is 5.91 Å². The van der Waals surface area contributed by atoms with Crippen molar-refractivity contribution in [2.45, 2.75) is 26.2 Å². The molecule has 0 aliphatic rings. The summed E-state index contributed by atoms with van der Waals surface area (Å²) in [6.07, 6.45) is 2.20. The fourth-order valence-electron chi connectivity index (χ4n) is 1.91. The van der Waals surface area contributed by atoms with Crippen LogP contribution in [0.2, 0.25) is 0 Å². The van der Waals surface area contributed by atoms with Crippen LogP contribution in [-0.4, -0.2) is 10.9 Å². The van der Waals surface area contributed by atoms with E-state index in [1.165, 1.54) is 5.56 Å². The highest BCUT2D eigenvalue weighted by Crippen LogP contribution is 2.19. The number of hydrogen-bond acceptors (Lipinski definition) is 2. The molecule has 3 nitrogen and oxygen atoms in total. The first-order valence-corrected chi connectivity index (χ1v) is 6.42. The zero-order valence-electron chi connectivity index (χ0n) is 11.3. The summed E-state index contributed by atoms with van der Waals surface area (Å²) in [6.45, 7) is 4.02. The topological polar surface area (TPSA) is 42.0 Å². The van der Waals surface area contributed by atoms with Gasteiger partial charge in [0.05, 0.1) is 0 Å². The van der Waals surface area contributed by atoms with Gasteiger partial charge < -0.3 is 5.32 Å². The van der Waals surface area contributed by atoms with Crippen molar-refractivity contribution in [2.75, 3.05) is 5.32 Å². The Bertz CT molecular complexity index is 534. The van der Waals surface area contributed by atoms with Gasteiger partial charge in [0, 0.05) is 12.6 Å². The van der Waals surface area contributed by atoms with Crippen LogP contribution in [0.3, 0.4) is 0 Å². The smallest absolute Gasteiger partial charge is 0.226 e. The highest BCUT2D eigenvalue weighted by molar-refractivity contribution is 5.90. The zero-order valence-corrected chi connectivity index (χ0v) is 11.3. The highest BCUT2D eigenvalue weighted by atomic mass is 16.1. The Balaban J connectivity index is 1.93. The lowest BCUT2D eigenvalue weighted by Crippen LogP contribution is -2.15. The summed E-state index contributed by atoms with van der Waals surface area (Å²) in [5.41, 5.74) is 2.25. The molecule has 1 N–H and O–H groups in total. The van der Waals surface area contributed by atoms with E-state index in [4.69, 9.17) is 0 Å². The summed E-state index contributed by atoms with van der Waals surface area (Å²) in [7, 11) is 0. The molecule has 2 aromatic rings. The predicted octanol–water partition coefficient (Wildman–Crippen LogP) is 3.52. The fraction of sp³-hybridized carbons (Fsp3) is 0.250. The van der Waals surface area contributed by atoms with E-state index < -0.39 is 0 Å². The van der Waals surface area contributed by atoms with Crippen molar-refractivity contribution in [1.82, 2.24) is 4.98 Å². The van der Waals surface area contributed by atoms with Gasteiger partial charge in [-0.2, -0.15) is 0 Å². The first-order valence-electron chi connectivity index (χ1n) is 6.42. The summed E-state index contributed by atoms with van der Waals surface area (Å²) >= 11 is 0. The molecule has 19 heavy (non-hydrogen) atoms. The van der Waals surface area contributed by atoms with Crippen LogP contribution in [0.25, 0.3) is 0 Å². The van der Waals surface area contributed by atoms with Crippen LogP contribution in [0.4, 0.5) is 5.82 Å². The van der Waals surface area contributed by atoms with Crippen molar-refractivity contribution in [3.8, 4) is 0 Å². The third-order valence-corrected chi connectivity index (χ3v) is 3.04. The van der Waals surface area contributed by atoms with Gasteiger partial charge in [0.15, 0.2) is 0 Å². The molecule has 0 spiro atoms. The van der Waals surface area contributed by atoms with Gasteiger partial charge in [0.1, 0.15) is 5.82 Å². The van der Waals surface area contributed by atoms with Crippen molar-refractivity contribution >= 4 is 11.7 Å². The molecule has 3 heteroatoms. The van der Waals surface area contributed by atoms with E-state index in [1.807, 2.05) is 49.4 Å². The van der Waals surface area contributed by atoms with Crippen LogP contribution < -0.4 is 5.32 Å². The van der Waals surface area contributed by atoms with E-state index >= 15 is 0 Å². The molecule has 1 unspecified atom stereocenters. The van der Waals surface area contributed by atoms with Crippen molar-refractivity contribution < 1.29 is 4.79 Å². The summed E-state index contributed by atoms with van der Waals surface area (Å²) in [5.74, 6) is 0.801. The average molecular weight is 254 g/mol. The van der Waals surface area contributed by atoms with Gasteiger partial charge in [-0.15, -0.1) is 0 Å². The molecule has 0 saturated heterocycles. The number of pyridine rings is 1. The number of aromatic nitrogens is 1. The quantitative estimate of drug-likeness (QED) is 0.907. The van der Waals surface area contributed by atoms with Crippen molar-refractivity contribution in [3.05, 3.63) is 59.8 Å². The van der Waals surface area contributed by atoms with Crippen LogP contribution in [-0.2, 0) is 4.79 Å². The first kappa shape index (κ1) is 13.3. The van der Waals surface area contributed by atoms with Crippen molar-refractivity contribution in [1.29, 1.82) is 0 Å². The standard InChI is InChI=1S/C16H18N2O/c1-12-8-9-15(17-11-12)18-16(19)10-13(2)14-6-4-3-5-7-14/h3-9,11,13H,10H2,1-2H3,(H,17,18,19). The maximum atomic E-state index is 11.9. The maximum absolute atomic E-state index is 11.9. The molecule has 98 valence electrons. The second-order valence-corrected chi connectivity index (χ2v) is 4.78. The SMILES string of the molecule is Cc1ccc(NC(=O)CC(C)c2ccccc2)nc1. The Labute approximate surface area is 113 Å². The van der Waals surface area contributed by atoms with E-state index in [2.05, 4.69) is 17.2 Å². The molecule has 1 aromatic heterocycles. The van der Waals surface area contributed by atoms with Crippen LogP contribution in [0.15, 0.2) is 48.7 Å². The molecule has 0 aliphatic heterocycles. The number of benzene rings is 1. The molecule has 0 radical (unpaired) electrons. The van der Waals surface area contributed by atoms with Crippen LogP contribution in [0.5, 0.6) is 0 Å². The third-order valence-electron chi connectivity index (χ3n) is 3.04. The van der Waals surface area contributed by atoms with Gasteiger partial charge in [-0.25, -0.2) is 4.98 Å². The number of carbonyl (C=O) groups excluding carboxylic acids is 1. The minimum atomic E-state index is -0.00675. The Morgan fingerprint density at radius 1 is 1.21 bits per heavy atom. The molecule has 0 saturated carbocycles. The molecule has 1 heterocycles. The van der Waals surface area contributed by atoms with E-state index in [1.54, 1.807) is 6.20 Å². The molecule has 1 amide bonds. The van der Waals surface area contributed by atoms with Gasteiger partial charge in [0.25, 0.3) is 0 Å². The second kappa shape index (κ2) is 6.14. The molecule has 0 fully saturated rings. The number of rotatable bonds is 4. The van der Waals surface area contributed by atoms with Crippen LogP contribution >= 0.6 is 0 Å². The molecule has 0 aliphatic carbocycles. The normalized spacial score (nSPS) is 11.9. The third kappa shape index (κ3) is 3.91. The number of aryl methyl sites for hydroxylation is 1. The number of nitrogens with one attached hydrogen (secondary N) is 1. The number of nitrogens with zero attached hydrogens (tertiary/aromatic N) is 1. The Hall–Kier alpha value is -2.16. The molecule has 1 aromatic carbocycles. The van der Waals surface area contributed by atoms with E-state index in [9.17, 15) is 4.79 Å². The predicted molar refractivity (Wildman–Crippen MR) is 77.1 cm³/mol. The molecule has 0 bridgehead atoms. The van der Waals surface area contributed by atoms with E-state index in [0.717, 1.165) is 5.56 Å². The average Bonchev–Trinajstić information content (AvgIpc) is 2.42. The van der Waals surface area contributed by atoms with Gasteiger partial charge >= 0.3 is 0 Å². The van der Waals surface area contributed by atoms with Crippen molar-refractivity contribution in [3.63, 3.8) is 0 Å². The largest absolute Gasteiger partial charge is 0.311 e. The Morgan fingerprint density at radius 3 is 2.58 bits per heavy atom. The maximum Gasteiger partial charge on any atom is 0.226 e. The van der Waals surface area contributed by atoms with Crippen molar-refractivity contribution in [2.24, 2.45) is 0 Å².